The zero-order chi connectivity index (χ0) is 33.1. The molecule has 2 aliphatic heterocycles. The second-order valence-corrected chi connectivity index (χ2v) is 15.9. The van der Waals surface area contributed by atoms with Gasteiger partial charge in [0.2, 0.25) is 0 Å². The average molecular weight is 648 g/mol. The van der Waals surface area contributed by atoms with Crippen molar-refractivity contribution >= 4 is 33.7 Å². The van der Waals surface area contributed by atoms with Gasteiger partial charge in [0.05, 0.1) is 36.6 Å². The first kappa shape index (κ1) is 31.7. The molecule has 3 N–H and O–H groups in total. The molecule has 1 spiro atoms. The van der Waals surface area contributed by atoms with E-state index in [2.05, 4.69) is 59.9 Å². The minimum atomic E-state index is -4.33. The molecule has 1 aliphatic carbocycles. The van der Waals surface area contributed by atoms with Crippen molar-refractivity contribution in [3.05, 3.63) is 71.2 Å². The van der Waals surface area contributed by atoms with Crippen molar-refractivity contribution in [1.82, 2.24) is 25.0 Å². The Balaban J connectivity index is 1.44. The molecule has 2 fully saturated rings. The predicted octanol–water partition coefficient (Wildman–Crippen LogP) is 4.70. The summed E-state index contributed by atoms with van der Waals surface area (Å²) in [4.78, 5) is 41.9. The van der Waals surface area contributed by atoms with Crippen molar-refractivity contribution in [3.63, 3.8) is 0 Å². The Hall–Kier alpha value is -4.26. The maximum Gasteiger partial charge on any atom is 0.407 e. The monoisotopic (exact) mass is 647 g/mol. The van der Waals surface area contributed by atoms with Crippen LogP contribution in [0.3, 0.4) is 0 Å². The minimum absolute atomic E-state index is 0.0117. The Morgan fingerprint density at radius 2 is 1.85 bits per heavy atom. The van der Waals surface area contributed by atoms with Crippen LogP contribution in [0, 0.1) is 11.3 Å². The Morgan fingerprint density at radius 3 is 2.59 bits per heavy atom. The molecule has 2 amide bonds. The van der Waals surface area contributed by atoms with Crippen molar-refractivity contribution in [1.29, 1.82) is 0 Å². The number of pyridine rings is 3. The van der Waals surface area contributed by atoms with E-state index in [9.17, 15) is 18.0 Å². The lowest BCUT2D eigenvalue weighted by Crippen LogP contribution is -2.41. The highest BCUT2D eigenvalue weighted by Crippen LogP contribution is 2.65. The second kappa shape index (κ2) is 11.2. The highest BCUT2D eigenvalue weighted by Gasteiger charge is 2.63. The molecule has 244 valence electrons. The molecule has 0 radical (unpaired) electrons. The number of sulfonamides is 1. The Morgan fingerprint density at radius 1 is 1.09 bits per heavy atom. The van der Waals surface area contributed by atoms with Gasteiger partial charge in [-0.15, -0.1) is 0 Å². The van der Waals surface area contributed by atoms with Gasteiger partial charge in [0.15, 0.2) is 5.03 Å². The van der Waals surface area contributed by atoms with Crippen LogP contribution in [-0.2, 0) is 26.7 Å². The Bertz CT molecular complexity index is 1810. The zero-order valence-electron chi connectivity index (χ0n) is 27.0. The molecule has 6 rings (SSSR count). The number of hydrogen-bond acceptors (Lipinski definition) is 10. The lowest BCUT2D eigenvalue weighted by molar-refractivity contribution is 0.0981. The molecule has 4 bridgehead atoms. The van der Waals surface area contributed by atoms with E-state index in [0.29, 0.717) is 29.8 Å². The molecule has 1 saturated heterocycles. The number of carbonyl (C=O) groups is 2. The Kier molecular flexibility index (Phi) is 7.73. The molecule has 13 heteroatoms. The molecular formula is C33H41N7O5S. The van der Waals surface area contributed by atoms with Crippen LogP contribution < -0.4 is 20.3 Å². The highest BCUT2D eigenvalue weighted by atomic mass is 32.2. The number of aromatic nitrogens is 3. The molecule has 1 saturated carbocycles. The van der Waals surface area contributed by atoms with E-state index in [0.717, 1.165) is 30.7 Å². The first-order valence-corrected chi connectivity index (χ1v) is 17.0. The second-order valence-electron chi connectivity index (χ2n) is 14.3. The van der Waals surface area contributed by atoms with E-state index in [-0.39, 0.29) is 39.5 Å². The quantitative estimate of drug-likeness (QED) is 0.364. The van der Waals surface area contributed by atoms with E-state index < -0.39 is 22.0 Å². The number of alkyl carbamates (subject to hydrolysis) is 1. The molecule has 3 aliphatic rings. The standard InChI is InChI=1S/C33H41N7O5S/c1-31(2,3)25-14-13-22-28(37-25)40-19-33(18-32(40,4)5)16-20(33)15-24(23-10-7-9-21(35-23)17-34-30(42)45-6)36-26-11-8-12-27(38-26)46(43,44)39-29(22)41/h7-14,20,24H,15-19H2,1-6H3,(H,34,42)(H,36,38)(H,39,41)/t20?,24-,33?/m1/s1. The number of amides is 2. The number of hydrogen-bond donors (Lipinski definition) is 3. The number of rotatable bonds is 3. The fourth-order valence-electron chi connectivity index (χ4n) is 6.94. The molecule has 46 heavy (non-hydrogen) atoms. The van der Waals surface area contributed by atoms with E-state index in [1.807, 2.05) is 18.2 Å². The van der Waals surface area contributed by atoms with Gasteiger partial charge in [-0.3, -0.25) is 9.78 Å². The van der Waals surface area contributed by atoms with Crippen LogP contribution >= 0.6 is 0 Å². The van der Waals surface area contributed by atoms with E-state index in [1.165, 1.54) is 13.2 Å². The van der Waals surface area contributed by atoms with Crippen molar-refractivity contribution in [3.8, 4) is 0 Å². The number of carbonyl (C=O) groups excluding carboxylic acids is 2. The lowest BCUT2D eigenvalue weighted by atomic mass is 9.90. The zero-order valence-corrected chi connectivity index (χ0v) is 27.9. The summed E-state index contributed by atoms with van der Waals surface area (Å²) in [5.41, 5.74) is 1.80. The van der Waals surface area contributed by atoms with E-state index in [1.54, 1.807) is 24.3 Å². The van der Waals surface area contributed by atoms with Crippen LogP contribution in [0.15, 0.2) is 53.6 Å². The number of methoxy groups -OCH3 is 1. The number of fused-ring (bicyclic) bond motifs is 5. The number of anilines is 2. The summed E-state index contributed by atoms with van der Waals surface area (Å²) in [6.45, 7) is 11.4. The predicted molar refractivity (Wildman–Crippen MR) is 173 cm³/mol. The summed E-state index contributed by atoms with van der Waals surface area (Å²) in [6.07, 6.45) is 2.06. The van der Waals surface area contributed by atoms with Crippen LogP contribution in [0.1, 0.15) is 87.4 Å². The molecule has 12 nitrogen and oxygen atoms in total. The van der Waals surface area contributed by atoms with Crippen molar-refractivity contribution in [2.24, 2.45) is 11.3 Å². The molecule has 3 atom stereocenters. The molecule has 2 unspecified atom stereocenters. The fourth-order valence-corrected chi connectivity index (χ4v) is 7.88. The normalized spacial score (nSPS) is 24.7. The third-order valence-corrected chi connectivity index (χ3v) is 10.6. The van der Waals surface area contributed by atoms with E-state index in [4.69, 9.17) is 14.7 Å². The Labute approximate surface area is 269 Å². The SMILES string of the molecule is COC(=O)NCc1cccc([C@H]2CC3CC34CN(c3nc(C(C)(C)C)ccc3C(=O)NS(=O)(=O)c3cccc(n3)N2)C(C)(C)C4)n1. The van der Waals surface area contributed by atoms with Gasteiger partial charge in [0, 0.05) is 23.2 Å². The smallest absolute Gasteiger partial charge is 0.407 e. The van der Waals surface area contributed by atoms with Crippen LogP contribution in [0.4, 0.5) is 16.4 Å². The van der Waals surface area contributed by atoms with Crippen LogP contribution in [0.5, 0.6) is 0 Å². The van der Waals surface area contributed by atoms with Gasteiger partial charge in [-0.25, -0.2) is 19.5 Å². The van der Waals surface area contributed by atoms with Crippen molar-refractivity contribution in [2.45, 2.75) is 82.4 Å². The molecule has 3 aromatic rings. The van der Waals surface area contributed by atoms with Crippen molar-refractivity contribution in [2.75, 3.05) is 23.9 Å². The summed E-state index contributed by atoms with van der Waals surface area (Å²) in [7, 11) is -3.02. The van der Waals surface area contributed by atoms with Gasteiger partial charge >= 0.3 is 6.09 Å². The average Bonchev–Trinajstić information content (AvgIpc) is 3.57. The summed E-state index contributed by atoms with van der Waals surface area (Å²) in [5, 5.41) is 5.83. The fraction of sp³-hybridized carbons (Fsp3) is 0.485. The van der Waals surface area contributed by atoms with Gasteiger partial charge in [0.25, 0.3) is 15.9 Å². The van der Waals surface area contributed by atoms with Crippen LogP contribution in [0.2, 0.25) is 0 Å². The van der Waals surface area contributed by atoms with E-state index >= 15 is 0 Å². The third kappa shape index (κ3) is 6.12. The summed E-state index contributed by atoms with van der Waals surface area (Å²) >= 11 is 0. The summed E-state index contributed by atoms with van der Waals surface area (Å²) in [6, 6.07) is 13.5. The largest absolute Gasteiger partial charge is 0.453 e. The first-order chi connectivity index (χ1) is 21.6. The van der Waals surface area contributed by atoms with Gasteiger partial charge in [0.1, 0.15) is 11.6 Å². The lowest BCUT2D eigenvalue weighted by Gasteiger charge is -2.34. The van der Waals surface area contributed by atoms with Gasteiger partial charge in [-0.05, 0) is 80.8 Å². The first-order valence-electron chi connectivity index (χ1n) is 15.5. The molecule has 5 heterocycles. The third-order valence-electron chi connectivity index (χ3n) is 9.34. The summed E-state index contributed by atoms with van der Waals surface area (Å²) in [5.74, 6) is 0.413. The van der Waals surface area contributed by atoms with Gasteiger partial charge < -0.3 is 20.3 Å². The molecule has 0 aromatic carbocycles. The molecular weight excluding hydrogens is 606 g/mol. The summed E-state index contributed by atoms with van der Waals surface area (Å²) < 4.78 is 34.0. The number of ether oxygens (including phenoxy) is 1. The maximum absolute atomic E-state index is 13.7. The number of nitrogens with zero attached hydrogens (tertiary/aromatic N) is 4. The number of nitrogens with one attached hydrogen (secondary N) is 3. The molecule has 3 aromatic heterocycles. The minimum Gasteiger partial charge on any atom is -0.453 e. The van der Waals surface area contributed by atoms with Crippen LogP contribution in [-0.4, -0.2) is 54.6 Å². The topological polar surface area (TPSA) is 156 Å². The highest BCUT2D eigenvalue weighted by molar-refractivity contribution is 7.90. The maximum atomic E-state index is 13.7. The van der Waals surface area contributed by atoms with Gasteiger partial charge in [-0.1, -0.05) is 32.9 Å². The van der Waals surface area contributed by atoms with Crippen molar-refractivity contribution < 1.29 is 22.7 Å². The van der Waals surface area contributed by atoms with Crippen LogP contribution in [0.25, 0.3) is 0 Å². The van der Waals surface area contributed by atoms with Gasteiger partial charge in [-0.2, -0.15) is 8.42 Å².